The maximum absolute atomic E-state index is 6.35. The smallest absolute Gasteiger partial charge is 0.222 e. The lowest BCUT2D eigenvalue weighted by Crippen LogP contribution is -2.00. The van der Waals surface area contributed by atoms with Crippen molar-refractivity contribution in [3.63, 3.8) is 0 Å². The van der Waals surface area contributed by atoms with Gasteiger partial charge in [-0.3, -0.25) is 0 Å². The van der Waals surface area contributed by atoms with E-state index in [1.807, 2.05) is 109 Å². The highest BCUT2D eigenvalue weighted by Crippen LogP contribution is 2.39. The molecule has 218 valence electrons. The fourth-order valence-corrected chi connectivity index (χ4v) is 5.98. The van der Waals surface area contributed by atoms with Crippen molar-refractivity contribution in [2.45, 2.75) is 0 Å². The van der Waals surface area contributed by atoms with Gasteiger partial charge in [-0.2, -0.15) is 4.98 Å². The van der Waals surface area contributed by atoms with Crippen molar-refractivity contribution in [2.75, 3.05) is 11.5 Å². The van der Waals surface area contributed by atoms with Crippen LogP contribution in [0.15, 0.2) is 124 Å². The number of anilines is 2. The molecule has 9 aromatic rings. The van der Waals surface area contributed by atoms with Crippen molar-refractivity contribution < 1.29 is 8.83 Å². The molecule has 4 aromatic heterocycles. The summed E-state index contributed by atoms with van der Waals surface area (Å²) in [5.41, 5.74) is 19.8. The molecule has 9 nitrogen and oxygen atoms in total. The lowest BCUT2D eigenvalue weighted by atomic mass is 9.99. The van der Waals surface area contributed by atoms with Crippen molar-refractivity contribution in [1.82, 2.24) is 24.9 Å². The van der Waals surface area contributed by atoms with E-state index in [1.165, 1.54) is 0 Å². The summed E-state index contributed by atoms with van der Waals surface area (Å²) in [6, 6.07) is 37.9. The summed E-state index contributed by atoms with van der Waals surface area (Å²) in [7, 11) is 0. The molecule has 0 atom stereocenters. The molecular formula is C37H23N7O2. The lowest BCUT2D eigenvalue weighted by Gasteiger charge is -2.09. The summed E-state index contributed by atoms with van der Waals surface area (Å²) in [5.74, 6) is 2.07. The summed E-state index contributed by atoms with van der Waals surface area (Å²) in [6.45, 7) is 0. The Kier molecular flexibility index (Phi) is 5.60. The lowest BCUT2D eigenvalue weighted by molar-refractivity contribution is 0.667. The number of furan rings is 2. The topological polar surface area (TPSA) is 143 Å². The van der Waals surface area contributed by atoms with Crippen molar-refractivity contribution in [2.24, 2.45) is 0 Å². The van der Waals surface area contributed by atoms with Gasteiger partial charge in [0.25, 0.3) is 0 Å². The minimum Gasteiger partial charge on any atom is -0.456 e. The molecule has 0 radical (unpaired) electrons. The van der Waals surface area contributed by atoms with Gasteiger partial charge in [0.2, 0.25) is 5.95 Å². The van der Waals surface area contributed by atoms with Gasteiger partial charge in [-0.15, -0.1) is 0 Å². The first-order valence-corrected chi connectivity index (χ1v) is 14.7. The van der Waals surface area contributed by atoms with Crippen LogP contribution in [0.2, 0.25) is 0 Å². The van der Waals surface area contributed by atoms with E-state index in [0.29, 0.717) is 34.2 Å². The minimum atomic E-state index is 0.0982. The van der Waals surface area contributed by atoms with Gasteiger partial charge in [0.1, 0.15) is 22.3 Å². The quantitative estimate of drug-likeness (QED) is 0.205. The Morgan fingerprint density at radius 2 is 1.07 bits per heavy atom. The van der Waals surface area contributed by atoms with Crippen molar-refractivity contribution >= 4 is 55.8 Å². The molecule has 9 rings (SSSR count). The number of nitrogens with zero attached hydrogens (tertiary/aromatic N) is 5. The molecule has 46 heavy (non-hydrogen) atoms. The van der Waals surface area contributed by atoms with Crippen LogP contribution in [0.1, 0.15) is 0 Å². The molecule has 0 spiro atoms. The van der Waals surface area contributed by atoms with E-state index in [9.17, 15) is 0 Å². The molecular weight excluding hydrogens is 574 g/mol. The van der Waals surface area contributed by atoms with E-state index in [0.717, 1.165) is 55.1 Å². The van der Waals surface area contributed by atoms with Crippen LogP contribution in [0, 0.1) is 0 Å². The molecule has 0 aliphatic carbocycles. The fourth-order valence-electron chi connectivity index (χ4n) is 5.98. The number of hydrogen-bond acceptors (Lipinski definition) is 9. The molecule has 4 heterocycles. The third-order valence-corrected chi connectivity index (χ3v) is 8.12. The van der Waals surface area contributed by atoms with E-state index in [4.69, 9.17) is 35.3 Å². The van der Waals surface area contributed by atoms with Gasteiger partial charge in [0, 0.05) is 32.8 Å². The monoisotopic (exact) mass is 597 g/mol. The van der Waals surface area contributed by atoms with E-state index >= 15 is 0 Å². The van der Waals surface area contributed by atoms with E-state index in [2.05, 4.69) is 16.0 Å². The first-order valence-electron chi connectivity index (χ1n) is 14.7. The number of nitrogen functional groups attached to an aromatic ring is 2. The molecule has 5 aromatic carbocycles. The molecule has 0 saturated carbocycles. The van der Waals surface area contributed by atoms with E-state index in [-0.39, 0.29) is 11.8 Å². The standard InChI is InChI=1S/C37H23N7O2/c38-33-32-31(40-37(39)41-33)26-19-23(15-17-28(26)46-32)22-14-16-27-25(18-22)30-24(12-7-13-29(30)45-27)36-43-34(20-8-3-1-4-9-20)42-35(44-36)21-10-5-2-6-11-21/h1-19H,(H4,38,39,40,41). The summed E-state index contributed by atoms with van der Waals surface area (Å²) in [5, 5.41) is 2.67. The van der Waals surface area contributed by atoms with Crippen LogP contribution in [0.4, 0.5) is 11.8 Å². The molecule has 0 saturated heterocycles. The average molecular weight is 598 g/mol. The summed E-state index contributed by atoms with van der Waals surface area (Å²) in [6.07, 6.45) is 0. The highest BCUT2D eigenvalue weighted by atomic mass is 16.3. The normalized spacial score (nSPS) is 11.7. The fraction of sp³-hybridized carbons (Fsp3) is 0. The zero-order valence-corrected chi connectivity index (χ0v) is 24.2. The average Bonchev–Trinajstić information content (AvgIpc) is 3.67. The van der Waals surface area contributed by atoms with Gasteiger partial charge < -0.3 is 20.3 Å². The van der Waals surface area contributed by atoms with Gasteiger partial charge in [-0.05, 0) is 41.5 Å². The Balaban J connectivity index is 1.25. The number of hydrogen-bond donors (Lipinski definition) is 2. The number of fused-ring (bicyclic) bond motifs is 6. The van der Waals surface area contributed by atoms with Crippen LogP contribution in [-0.4, -0.2) is 24.9 Å². The first-order chi connectivity index (χ1) is 22.6. The Morgan fingerprint density at radius 1 is 0.457 bits per heavy atom. The Labute approximate surface area is 261 Å². The number of nitrogens with two attached hydrogens (primary N) is 2. The largest absolute Gasteiger partial charge is 0.456 e. The molecule has 0 amide bonds. The van der Waals surface area contributed by atoms with Gasteiger partial charge in [0.05, 0.1) is 0 Å². The van der Waals surface area contributed by atoms with Crippen LogP contribution in [0.5, 0.6) is 0 Å². The Bertz CT molecular complexity index is 2550. The van der Waals surface area contributed by atoms with Crippen molar-refractivity contribution in [1.29, 1.82) is 0 Å². The van der Waals surface area contributed by atoms with Crippen molar-refractivity contribution in [3.05, 3.63) is 115 Å². The molecule has 9 heteroatoms. The number of rotatable bonds is 4. The molecule has 4 N–H and O–H groups in total. The second kappa shape index (κ2) is 9.96. The van der Waals surface area contributed by atoms with Crippen LogP contribution in [-0.2, 0) is 0 Å². The third kappa shape index (κ3) is 4.14. The third-order valence-electron chi connectivity index (χ3n) is 8.12. The second-order valence-corrected chi connectivity index (χ2v) is 11.0. The molecule has 0 bridgehead atoms. The predicted molar refractivity (Wildman–Crippen MR) is 181 cm³/mol. The predicted octanol–water partition coefficient (Wildman–Crippen LogP) is 8.29. The van der Waals surface area contributed by atoms with Gasteiger partial charge in [-0.1, -0.05) is 84.9 Å². The zero-order chi connectivity index (χ0) is 30.8. The highest BCUT2D eigenvalue weighted by molar-refractivity contribution is 6.13. The zero-order valence-electron chi connectivity index (χ0n) is 24.2. The van der Waals surface area contributed by atoms with Crippen LogP contribution < -0.4 is 11.5 Å². The SMILES string of the molecule is Nc1nc(N)c2oc3ccc(-c4ccc5oc6cccc(-c7nc(-c8ccccc8)nc(-c8ccccc8)n7)c6c5c4)cc3c2n1. The van der Waals surface area contributed by atoms with E-state index in [1.54, 1.807) is 0 Å². The molecule has 0 aliphatic rings. The maximum atomic E-state index is 6.35. The molecule has 0 aliphatic heterocycles. The minimum absolute atomic E-state index is 0.0982. The first kappa shape index (κ1) is 25.8. The van der Waals surface area contributed by atoms with Gasteiger partial charge in [-0.25, -0.2) is 19.9 Å². The summed E-state index contributed by atoms with van der Waals surface area (Å²) in [4.78, 5) is 23.3. The van der Waals surface area contributed by atoms with E-state index < -0.39 is 0 Å². The summed E-state index contributed by atoms with van der Waals surface area (Å²) < 4.78 is 12.3. The van der Waals surface area contributed by atoms with Crippen molar-refractivity contribution in [3.8, 4) is 45.3 Å². The maximum Gasteiger partial charge on any atom is 0.222 e. The number of benzene rings is 5. The second-order valence-electron chi connectivity index (χ2n) is 11.0. The molecule has 0 unspecified atom stereocenters. The highest BCUT2D eigenvalue weighted by Gasteiger charge is 2.19. The summed E-state index contributed by atoms with van der Waals surface area (Å²) >= 11 is 0. The van der Waals surface area contributed by atoms with Gasteiger partial charge >= 0.3 is 0 Å². The van der Waals surface area contributed by atoms with Crippen LogP contribution in [0.25, 0.3) is 89.3 Å². The van der Waals surface area contributed by atoms with Crippen LogP contribution >= 0.6 is 0 Å². The molecule has 0 fully saturated rings. The van der Waals surface area contributed by atoms with Gasteiger partial charge in [0.15, 0.2) is 28.9 Å². The Morgan fingerprint density at radius 3 is 1.74 bits per heavy atom. The number of aromatic nitrogens is 5. The van der Waals surface area contributed by atoms with Crippen LogP contribution in [0.3, 0.4) is 0 Å². The Hall–Kier alpha value is -6.61.